The molecule has 0 unspecified atom stereocenters. The molecule has 0 saturated carbocycles. The summed E-state index contributed by atoms with van der Waals surface area (Å²) in [5.41, 5.74) is 0. The summed E-state index contributed by atoms with van der Waals surface area (Å²) in [4.78, 5) is 11.0. The van der Waals surface area contributed by atoms with Crippen LogP contribution in [-0.4, -0.2) is 23.3 Å². The van der Waals surface area contributed by atoms with E-state index in [2.05, 4.69) is 0 Å². The average Bonchev–Trinajstić information content (AvgIpc) is 1.99. The van der Waals surface area contributed by atoms with Gasteiger partial charge in [-0.25, -0.2) is 0 Å². The van der Waals surface area contributed by atoms with Crippen LogP contribution in [-0.2, 0) is 9.53 Å². The number of ether oxygens (including phenoxy) is 1. The normalized spacial score (nSPS) is 38.5. The summed E-state index contributed by atoms with van der Waals surface area (Å²) in [6, 6.07) is 0. The van der Waals surface area contributed by atoms with Crippen molar-refractivity contribution in [3.63, 3.8) is 0 Å². The Morgan fingerprint density at radius 3 is 2.82 bits per heavy atom. The first kappa shape index (κ1) is 8.53. The summed E-state index contributed by atoms with van der Waals surface area (Å²) in [6.07, 6.45) is 0.786. The highest BCUT2D eigenvalue weighted by Crippen LogP contribution is 2.21. The summed E-state index contributed by atoms with van der Waals surface area (Å²) >= 11 is 0. The van der Waals surface area contributed by atoms with E-state index in [1.165, 1.54) is 0 Å². The van der Waals surface area contributed by atoms with Crippen molar-refractivity contribution in [2.24, 2.45) is 5.92 Å². The van der Waals surface area contributed by atoms with Crippen LogP contribution in [0.15, 0.2) is 0 Å². The van der Waals surface area contributed by atoms with Gasteiger partial charge in [0.1, 0.15) is 6.10 Å². The summed E-state index contributed by atoms with van der Waals surface area (Å²) in [5, 5.41) is 9.35. The van der Waals surface area contributed by atoms with Crippen LogP contribution in [0.2, 0.25) is 0 Å². The van der Waals surface area contributed by atoms with Gasteiger partial charge in [0.05, 0.1) is 12.0 Å². The van der Waals surface area contributed by atoms with Gasteiger partial charge in [0.15, 0.2) is 0 Å². The average molecular weight is 158 g/mol. The molecule has 0 aromatic carbocycles. The highest BCUT2D eigenvalue weighted by Gasteiger charge is 2.33. The summed E-state index contributed by atoms with van der Waals surface area (Å²) in [7, 11) is 0. The Morgan fingerprint density at radius 2 is 2.36 bits per heavy atom. The van der Waals surface area contributed by atoms with Gasteiger partial charge >= 0.3 is 5.97 Å². The third kappa shape index (κ3) is 1.71. The van der Waals surface area contributed by atoms with Crippen LogP contribution in [0.1, 0.15) is 26.7 Å². The highest BCUT2D eigenvalue weighted by atomic mass is 16.5. The lowest BCUT2D eigenvalue weighted by Crippen LogP contribution is -2.39. The first-order chi connectivity index (χ1) is 5.15. The number of aliphatic hydroxyl groups is 1. The van der Waals surface area contributed by atoms with E-state index in [0.717, 1.165) is 6.42 Å². The Bertz CT molecular complexity index is 155. The zero-order chi connectivity index (χ0) is 8.43. The minimum absolute atomic E-state index is 0.0753. The van der Waals surface area contributed by atoms with Gasteiger partial charge in [-0.3, -0.25) is 4.79 Å². The highest BCUT2D eigenvalue weighted by molar-refractivity contribution is 5.73. The van der Waals surface area contributed by atoms with Crippen molar-refractivity contribution in [1.82, 2.24) is 0 Å². The summed E-state index contributed by atoms with van der Waals surface area (Å²) in [5.74, 6) is -0.617. The Kier molecular flexibility index (Phi) is 2.49. The van der Waals surface area contributed by atoms with E-state index in [0.29, 0.717) is 6.42 Å². The zero-order valence-electron chi connectivity index (χ0n) is 6.91. The molecule has 0 bridgehead atoms. The number of hydrogen-bond donors (Lipinski definition) is 1. The van der Waals surface area contributed by atoms with Crippen LogP contribution in [0.3, 0.4) is 0 Å². The molecule has 64 valence electrons. The number of hydrogen-bond acceptors (Lipinski definition) is 3. The van der Waals surface area contributed by atoms with E-state index in [-0.39, 0.29) is 18.0 Å². The predicted octanol–water partition coefficient (Wildman–Crippen LogP) is 0.709. The molecule has 1 aliphatic rings. The number of aliphatic hydroxyl groups excluding tert-OH is 1. The molecule has 1 N–H and O–H groups in total. The topological polar surface area (TPSA) is 46.5 Å². The van der Waals surface area contributed by atoms with Crippen molar-refractivity contribution in [1.29, 1.82) is 0 Å². The van der Waals surface area contributed by atoms with Crippen molar-refractivity contribution in [3.05, 3.63) is 0 Å². The van der Waals surface area contributed by atoms with Crippen molar-refractivity contribution < 1.29 is 14.6 Å². The number of carbonyl (C=O) groups is 1. The lowest BCUT2D eigenvalue weighted by molar-refractivity contribution is -0.168. The van der Waals surface area contributed by atoms with Gasteiger partial charge in [0.2, 0.25) is 0 Å². The Morgan fingerprint density at radius 1 is 1.73 bits per heavy atom. The van der Waals surface area contributed by atoms with Gasteiger partial charge in [0, 0.05) is 6.42 Å². The molecule has 1 rings (SSSR count). The van der Waals surface area contributed by atoms with E-state index in [4.69, 9.17) is 4.74 Å². The van der Waals surface area contributed by atoms with Crippen LogP contribution >= 0.6 is 0 Å². The minimum atomic E-state index is -0.513. The summed E-state index contributed by atoms with van der Waals surface area (Å²) < 4.78 is 5.02. The van der Waals surface area contributed by atoms with Gasteiger partial charge < -0.3 is 9.84 Å². The fourth-order valence-electron chi connectivity index (χ4n) is 1.20. The summed E-state index contributed by atoms with van der Waals surface area (Å²) in [6.45, 7) is 3.64. The van der Waals surface area contributed by atoms with Gasteiger partial charge in [-0.2, -0.15) is 0 Å². The molecule has 1 saturated heterocycles. The molecule has 1 fully saturated rings. The Labute approximate surface area is 66.4 Å². The molecule has 1 heterocycles. The predicted molar refractivity (Wildman–Crippen MR) is 40.0 cm³/mol. The van der Waals surface area contributed by atoms with Crippen LogP contribution in [0.4, 0.5) is 0 Å². The van der Waals surface area contributed by atoms with Crippen LogP contribution in [0, 0.1) is 5.92 Å². The van der Waals surface area contributed by atoms with Crippen LogP contribution in [0.25, 0.3) is 0 Å². The second kappa shape index (κ2) is 3.22. The molecule has 0 aromatic heterocycles. The molecule has 0 aliphatic carbocycles. The quantitative estimate of drug-likeness (QED) is 0.572. The van der Waals surface area contributed by atoms with Crippen LogP contribution < -0.4 is 0 Å². The largest absolute Gasteiger partial charge is 0.462 e. The van der Waals surface area contributed by atoms with Gasteiger partial charge in [-0.05, 0) is 13.3 Å². The first-order valence-electron chi connectivity index (χ1n) is 4.03. The minimum Gasteiger partial charge on any atom is -0.462 e. The fraction of sp³-hybridized carbons (Fsp3) is 0.875. The van der Waals surface area contributed by atoms with Crippen LogP contribution in [0.5, 0.6) is 0 Å². The van der Waals surface area contributed by atoms with Gasteiger partial charge in [-0.1, -0.05) is 6.92 Å². The first-order valence-corrected chi connectivity index (χ1v) is 4.03. The molecule has 0 amide bonds. The number of carbonyl (C=O) groups excluding carboxylic acids is 1. The van der Waals surface area contributed by atoms with Crippen molar-refractivity contribution >= 4 is 5.97 Å². The molecule has 0 aromatic rings. The maximum atomic E-state index is 11.0. The monoisotopic (exact) mass is 158 g/mol. The maximum Gasteiger partial charge on any atom is 0.311 e. The van der Waals surface area contributed by atoms with E-state index in [1.54, 1.807) is 6.92 Å². The second-order valence-corrected chi connectivity index (χ2v) is 3.06. The van der Waals surface area contributed by atoms with Crippen molar-refractivity contribution in [2.45, 2.75) is 38.9 Å². The van der Waals surface area contributed by atoms with E-state index in [9.17, 15) is 9.90 Å². The third-order valence-corrected chi connectivity index (χ3v) is 2.19. The Hall–Kier alpha value is -0.570. The molecule has 3 heteroatoms. The standard InChI is InChI=1S/C8H14O3/c1-3-6-4-7(9)5(2)8(10)11-6/h5-7,9H,3-4H2,1-2H3/t5-,6+,7+/m0/s1. The molecule has 0 radical (unpaired) electrons. The fourth-order valence-corrected chi connectivity index (χ4v) is 1.20. The van der Waals surface area contributed by atoms with Crippen molar-refractivity contribution in [2.75, 3.05) is 0 Å². The second-order valence-electron chi connectivity index (χ2n) is 3.06. The molecule has 1 aliphatic heterocycles. The van der Waals surface area contributed by atoms with Gasteiger partial charge in [-0.15, -0.1) is 0 Å². The number of rotatable bonds is 1. The lowest BCUT2D eigenvalue weighted by atomic mass is 9.95. The maximum absolute atomic E-state index is 11.0. The number of esters is 1. The third-order valence-electron chi connectivity index (χ3n) is 2.19. The smallest absolute Gasteiger partial charge is 0.311 e. The molecule has 11 heavy (non-hydrogen) atoms. The SMILES string of the molecule is CC[C@@H]1C[C@@H](O)[C@H](C)C(=O)O1. The molecular formula is C8H14O3. The zero-order valence-corrected chi connectivity index (χ0v) is 6.91. The van der Waals surface area contributed by atoms with E-state index < -0.39 is 6.10 Å². The Balaban J connectivity index is 2.54. The number of cyclic esters (lactones) is 1. The molecule has 3 atom stereocenters. The lowest BCUT2D eigenvalue weighted by Gasteiger charge is -2.29. The van der Waals surface area contributed by atoms with Gasteiger partial charge in [0.25, 0.3) is 0 Å². The molecule has 0 spiro atoms. The molecule has 3 nitrogen and oxygen atoms in total. The molecular weight excluding hydrogens is 144 g/mol. The van der Waals surface area contributed by atoms with E-state index >= 15 is 0 Å². The van der Waals surface area contributed by atoms with Crippen molar-refractivity contribution in [3.8, 4) is 0 Å². The van der Waals surface area contributed by atoms with E-state index in [1.807, 2.05) is 6.92 Å².